The number of ketones is 1. The summed E-state index contributed by atoms with van der Waals surface area (Å²) in [5, 5.41) is 4.82. The molecule has 1 aromatic heterocycles. The molecule has 0 aliphatic carbocycles. The molecule has 0 saturated carbocycles. The Kier molecular flexibility index (Phi) is 4.71. The van der Waals surface area contributed by atoms with Crippen LogP contribution in [0.3, 0.4) is 0 Å². The quantitative estimate of drug-likeness (QED) is 0.787. The van der Waals surface area contributed by atoms with Gasteiger partial charge >= 0.3 is 0 Å². The van der Waals surface area contributed by atoms with Crippen molar-refractivity contribution in [2.75, 3.05) is 13.7 Å². The largest absolute Gasteiger partial charge is 0.383 e. The van der Waals surface area contributed by atoms with Crippen LogP contribution in [-0.4, -0.2) is 29.3 Å². The van der Waals surface area contributed by atoms with Crippen molar-refractivity contribution in [3.05, 3.63) is 16.9 Å². The van der Waals surface area contributed by atoms with Gasteiger partial charge in [-0.3, -0.25) is 9.48 Å². The Labute approximate surface area is 107 Å². The van der Waals surface area contributed by atoms with Gasteiger partial charge in [0.1, 0.15) is 5.78 Å². The molecule has 1 aromatic rings. The Morgan fingerprint density at radius 3 is 2.76 bits per heavy atom. The van der Waals surface area contributed by atoms with E-state index in [1.807, 2.05) is 18.5 Å². The first kappa shape index (κ1) is 14.2. The van der Waals surface area contributed by atoms with Crippen molar-refractivity contribution >= 4 is 17.4 Å². The van der Waals surface area contributed by atoms with E-state index < -0.39 is 0 Å². The number of halogens is 1. The second-order valence-corrected chi connectivity index (χ2v) is 5.23. The predicted octanol–water partition coefficient (Wildman–Crippen LogP) is 2.44. The van der Waals surface area contributed by atoms with Crippen LogP contribution in [0, 0.1) is 0 Å². The van der Waals surface area contributed by atoms with E-state index in [-0.39, 0.29) is 11.2 Å². The number of Topliss-reactive ketones (excluding diaryl/α,β-unsaturated/α-hetero) is 1. The Morgan fingerprint density at radius 2 is 2.24 bits per heavy atom. The number of methoxy groups -OCH3 is 1. The predicted molar refractivity (Wildman–Crippen MR) is 67.4 cm³/mol. The van der Waals surface area contributed by atoms with Gasteiger partial charge in [-0.1, -0.05) is 25.4 Å². The number of rotatable bonds is 6. The lowest BCUT2D eigenvalue weighted by Crippen LogP contribution is -2.26. The van der Waals surface area contributed by atoms with Crippen LogP contribution < -0.4 is 0 Å². The van der Waals surface area contributed by atoms with Crippen molar-refractivity contribution in [3.8, 4) is 0 Å². The van der Waals surface area contributed by atoms with Gasteiger partial charge < -0.3 is 4.74 Å². The van der Waals surface area contributed by atoms with E-state index in [0.29, 0.717) is 24.6 Å². The molecule has 0 atom stereocenters. The molecular weight excluding hydrogens is 240 g/mol. The van der Waals surface area contributed by atoms with Crippen LogP contribution in [0.2, 0.25) is 5.02 Å². The molecule has 0 aliphatic heterocycles. The minimum Gasteiger partial charge on any atom is -0.383 e. The number of carbonyl (C=O) groups is 1. The van der Waals surface area contributed by atoms with E-state index >= 15 is 0 Å². The number of hydrogen-bond acceptors (Lipinski definition) is 3. The highest BCUT2D eigenvalue weighted by molar-refractivity contribution is 6.31. The summed E-state index contributed by atoms with van der Waals surface area (Å²) >= 11 is 6.16. The van der Waals surface area contributed by atoms with Crippen molar-refractivity contribution in [2.45, 2.75) is 39.2 Å². The first-order chi connectivity index (χ1) is 7.88. The maximum atomic E-state index is 11.3. The Balaban J connectivity index is 3.01. The molecule has 17 heavy (non-hydrogen) atoms. The second kappa shape index (κ2) is 5.65. The number of aromatic nitrogens is 2. The fraction of sp³-hybridized carbons (Fsp3) is 0.667. The van der Waals surface area contributed by atoms with Crippen molar-refractivity contribution in [1.82, 2.24) is 9.78 Å². The number of nitrogens with zero attached hydrogens (tertiary/aromatic N) is 2. The molecular formula is C12H19ClN2O2. The van der Waals surface area contributed by atoms with Crippen LogP contribution in [0.25, 0.3) is 0 Å². The highest BCUT2D eigenvalue weighted by Gasteiger charge is 2.29. The molecule has 0 N–H and O–H groups in total. The van der Waals surface area contributed by atoms with Crippen molar-refractivity contribution in [3.63, 3.8) is 0 Å². The Hall–Kier alpha value is -0.870. The second-order valence-electron chi connectivity index (χ2n) is 4.82. The molecule has 0 spiro atoms. The summed E-state index contributed by atoms with van der Waals surface area (Å²) in [6, 6.07) is 0. The third-order valence-corrected chi connectivity index (χ3v) is 2.91. The topological polar surface area (TPSA) is 44.1 Å². The van der Waals surface area contributed by atoms with Gasteiger partial charge in [-0.05, 0) is 6.92 Å². The van der Waals surface area contributed by atoms with E-state index in [0.717, 1.165) is 5.69 Å². The fourth-order valence-corrected chi connectivity index (χ4v) is 2.49. The lowest BCUT2D eigenvalue weighted by molar-refractivity contribution is -0.118. The molecule has 1 heterocycles. The molecule has 1 rings (SSSR count). The number of ether oxygens (including phenoxy) is 1. The molecule has 0 radical (unpaired) electrons. The van der Waals surface area contributed by atoms with Crippen molar-refractivity contribution < 1.29 is 9.53 Å². The third kappa shape index (κ3) is 3.54. The van der Waals surface area contributed by atoms with E-state index in [2.05, 4.69) is 5.10 Å². The summed E-state index contributed by atoms with van der Waals surface area (Å²) < 4.78 is 6.85. The zero-order valence-corrected chi connectivity index (χ0v) is 11.5. The maximum Gasteiger partial charge on any atom is 0.130 e. The molecule has 96 valence electrons. The Bertz CT molecular complexity index is 399. The highest BCUT2D eigenvalue weighted by atomic mass is 35.5. The molecule has 0 aromatic carbocycles. The minimum absolute atomic E-state index is 0.144. The van der Waals surface area contributed by atoms with Gasteiger partial charge in [0.25, 0.3) is 0 Å². The van der Waals surface area contributed by atoms with Gasteiger partial charge in [-0.25, -0.2) is 0 Å². The van der Waals surface area contributed by atoms with Crippen molar-refractivity contribution in [1.29, 1.82) is 0 Å². The standard InChI is InChI=1S/C12H19ClN2O2/c1-9(16)7-12(2,3)11-10(13)8-14-15(11)5-6-17-4/h8H,5-7H2,1-4H3. The SMILES string of the molecule is COCCn1ncc(Cl)c1C(C)(C)CC(C)=O. The molecule has 0 aliphatic rings. The molecule has 0 amide bonds. The third-order valence-electron chi connectivity index (χ3n) is 2.63. The van der Waals surface area contributed by atoms with Gasteiger partial charge in [0.15, 0.2) is 0 Å². The summed E-state index contributed by atoms with van der Waals surface area (Å²) in [6.45, 7) is 6.80. The molecule has 0 saturated heterocycles. The van der Waals surface area contributed by atoms with Crippen LogP contribution >= 0.6 is 11.6 Å². The lowest BCUT2D eigenvalue weighted by Gasteiger charge is -2.25. The molecule has 0 bridgehead atoms. The Morgan fingerprint density at radius 1 is 1.59 bits per heavy atom. The fourth-order valence-electron chi connectivity index (χ4n) is 2.09. The summed E-state index contributed by atoms with van der Waals surface area (Å²) in [6.07, 6.45) is 2.07. The van der Waals surface area contributed by atoms with Gasteiger partial charge in [0, 0.05) is 18.9 Å². The monoisotopic (exact) mass is 258 g/mol. The van der Waals surface area contributed by atoms with Crippen LogP contribution in [0.15, 0.2) is 6.20 Å². The van der Waals surface area contributed by atoms with Gasteiger partial charge in [-0.15, -0.1) is 0 Å². The van der Waals surface area contributed by atoms with Gasteiger partial charge in [0.05, 0.1) is 30.1 Å². The lowest BCUT2D eigenvalue weighted by atomic mass is 9.84. The average Bonchev–Trinajstić information content (AvgIpc) is 2.55. The van der Waals surface area contributed by atoms with Crippen molar-refractivity contribution in [2.24, 2.45) is 0 Å². The summed E-state index contributed by atoms with van der Waals surface area (Å²) in [5.41, 5.74) is 0.582. The maximum absolute atomic E-state index is 11.3. The summed E-state index contributed by atoms with van der Waals surface area (Å²) in [4.78, 5) is 11.3. The molecule has 5 heteroatoms. The van der Waals surface area contributed by atoms with Crippen LogP contribution in [-0.2, 0) is 21.5 Å². The number of carbonyl (C=O) groups excluding carboxylic acids is 1. The van der Waals surface area contributed by atoms with Gasteiger partial charge in [0.2, 0.25) is 0 Å². The first-order valence-electron chi connectivity index (χ1n) is 5.58. The van der Waals surface area contributed by atoms with Gasteiger partial charge in [-0.2, -0.15) is 5.10 Å². The highest BCUT2D eigenvalue weighted by Crippen LogP contribution is 2.32. The van der Waals surface area contributed by atoms with E-state index in [1.165, 1.54) is 0 Å². The normalized spacial score (nSPS) is 11.8. The minimum atomic E-state index is -0.312. The van der Waals surface area contributed by atoms with Crippen LogP contribution in [0.5, 0.6) is 0 Å². The molecule has 4 nitrogen and oxygen atoms in total. The molecule has 0 unspecified atom stereocenters. The molecule has 0 fully saturated rings. The van der Waals surface area contributed by atoms with Crippen LogP contribution in [0.1, 0.15) is 32.9 Å². The number of hydrogen-bond donors (Lipinski definition) is 0. The summed E-state index contributed by atoms with van der Waals surface area (Å²) in [7, 11) is 1.64. The van der Waals surface area contributed by atoms with E-state index in [1.54, 1.807) is 20.2 Å². The smallest absolute Gasteiger partial charge is 0.130 e. The zero-order valence-electron chi connectivity index (χ0n) is 10.8. The van der Waals surface area contributed by atoms with E-state index in [4.69, 9.17) is 16.3 Å². The average molecular weight is 259 g/mol. The zero-order chi connectivity index (χ0) is 13.1. The van der Waals surface area contributed by atoms with Crippen LogP contribution in [0.4, 0.5) is 0 Å². The van der Waals surface area contributed by atoms with E-state index in [9.17, 15) is 4.79 Å². The first-order valence-corrected chi connectivity index (χ1v) is 5.96. The summed E-state index contributed by atoms with van der Waals surface area (Å²) in [5.74, 6) is 0.144.